The molecule has 0 radical (unpaired) electrons. The number of sulfonamides is 1. The summed E-state index contributed by atoms with van der Waals surface area (Å²) in [7, 11) is -3.48. The first-order valence-electron chi connectivity index (χ1n) is 7.81. The Kier molecular flexibility index (Phi) is 6.34. The second-order valence-corrected chi connectivity index (χ2v) is 7.63. The van der Waals surface area contributed by atoms with Gasteiger partial charge in [-0.15, -0.1) is 0 Å². The van der Waals surface area contributed by atoms with Gasteiger partial charge >= 0.3 is 0 Å². The molecule has 0 amide bonds. The van der Waals surface area contributed by atoms with E-state index in [-0.39, 0.29) is 24.7 Å². The Labute approximate surface area is 142 Å². The van der Waals surface area contributed by atoms with E-state index in [2.05, 4.69) is 18.6 Å². The van der Waals surface area contributed by atoms with Gasteiger partial charge in [-0.2, -0.15) is 0 Å². The lowest BCUT2D eigenvalue weighted by Crippen LogP contribution is -2.29. The molecule has 2 aromatic carbocycles. The number of nitrogens with one attached hydrogen (secondary N) is 1. The van der Waals surface area contributed by atoms with Crippen LogP contribution in [0.15, 0.2) is 48.5 Å². The largest absolute Gasteiger partial charge is 0.492 e. The SMILES string of the molecule is CC(C)c1ccccc1OCCNS(=O)(=O)Cc1ccc(F)cc1. The zero-order valence-electron chi connectivity index (χ0n) is 13.8. The van der Waals surface area contributed by atoms with Crippen molar-refractivity contribution in [2.45, 2.75) is 25.5 Å². The van der Waals surface area contributed by atoms with Crippen molar-refractivity contribution in [1.82, 2.24) is 4.72 Å². The first kappa shape index (κ1) is 18.4. The van der Waals surface area contributed by atoms with Gasteiger partial charge < -0.3 is 4.74 Å². The Morgan fingerprint density at radius 3 is 2.42 bits per heavy atom. The van der Waals surface area contributed by atoms with Crippen LogP contribution in [0.4, 0.5) is 4.39 Å². The highest BCUT2D eigenvalue weighted by molar-refractivity contribution is 7.88. The van der Waals surface area contributed by atoms with Gasteiger partial charge in [0, 0.05) is 6.54 Å². The average Bonchev–Trinajstić information content (AvgIpc) is 2.54. The Morgan fingerprint density at radius 2 is 1.75 bits per heavy atom. The van der Waals surface area contributed by atoms with Gasteiger partial charge in [-0.25, -0.2) is 17.5 Å². The Morgan fingerprint density at radius 1 is 1.08 bits per heavy atom. The summed E-state index contributed by atoms with van der Waals surface area (Å²) >= 11 is 0. The van der Waals surface area contributed by atoms with Crippen LogP contribution in [0.25, 0.3) is 0 Å². The highest BCUT2D eigenvalue weighted by Gasteiger charge is 2.12. The van der Waals surface area contributed by atoms with Gasteiger partial charge in [0.1, 0.15) is 18.2 Å². The topological polar surface area (TPSA) is 55.4 Å². The van der Waals surface area contributed by atoms with Gasteiger partial charge in [0.2, 0.25) is 10.0 Å². The van der Waals surface area contributed by atoms with Crippen molar-refractivity contribution >= 4 is 10.0 Å². The lowest BCUT2D eigenvalue weighted by molar-refractivity contribution is 0.318. The van der Waals surface area contributed by atoms with Crippen molar-refractivity contribution < 1.29 is 17.5 Å². The maximum absolute atomic E-state index is 12.8. The second kappa shape index (κ2) is 8.26. The maximum atomic E-state index is 12.8. The van der Waals surface area contributed by atoms with Crippen molar-refractivity contribution in [1.29, 1.82) is 0 Å². The third-order valence-corrected chi connectivity index (χ3v) is 4.85. The smallest absolute Gasteiger partial charge is 0.215 e. The van der Waals surface area contributed by atoms with Gasteiger partial charge in [0.25, 0.3) is 0 Å². The van der Waals surface area contributed by atoms with E-state index < -0.39 is 10.0 Å². The molecule has 24 heavy (non-hydrogen) atoms. The number of rotatable bonds is 8. The first-order chi connectivity index (χ1) is 11.4. The summed E-state index contributed by atoms with van der Waals surface area (Å²) in [6, 6.07) is 13.1. The van der Waals surface area contributed by atoms with Gasteiger partial charge in [-0.1, -0.05) is 44.2 Å². The monoisotopic (exact) mass is 351 g/mol. The molecule has 0 unspecified atom stereocenters. The quantitative estimate of drug-likeness (QED) is 0.741. The normalized spacial score (nSPS) is 11.7. The summed E-state index contributed by atoms with van der Waals surface area (Å²) < 4.78 is 45.0. The van der Waals surface area contributed by atoms with Crippen molar-refractivity contribution in [3.8, 4) is 5.75 Å². The van der Waals surface area contributed by atoms with Crippen molar-refractivity contribution in [2.75, 3.05) is 13.2 Å². The predicted molar refractivity (Wildman–Crippen MR) is 93.1 cm³/mol. The van der Waals surface area contributed by atoms with Crippen LogP contribution in [0, 0.1) is 5.82 Å². The van der Waals surface area contributed by atoms with E-state index in [0.29, 0.717) is 11.5 Å². The van der Waals surface area contributed by atoms with Crippen molar-refractivity contribution in [3.63, 3.8) is 0 Å². The molecule has 130 valence electrons. The fraction of sp³-hybridized carbons (Fsp3) is 0.333. The van der Waals surface area contributed by atoms with Gasteiger partial charge in [-0.3, -0.25) is 0 Å². The zero-order chi connectivity index (χ0) is 17.6. The van der Waals surface area contributed by atoms with Gasteiger partial charge in [0.15, 0.2) is 0 Å². The number of benzene rings is 2. The van der Waals surface area contributed by atoms with Crippen molar-refractivity contribution in [2.24, 2.45) is 0 Å². The molecule has 6 heteroatoms. The third-order valence-electron chi connectivity index (χ3n) is 3.49. The summed E-state index contributed by atoms with van der Waals surface area (Å²) in [6.07, 6.45) is 0. The first-order valence-corrected chi connectivity index (χ1v) is 9.46. The fourth-order valence-corrected chi connectivity index (χ4v) is 3.43. The molecule has 0 fully saturated rings. The molecule has 0 saturated carbocycles. The Balaban J connectivity index is 1.84. The van der Waals surface area contributed by atoms with Crippen LogP contribution in [0.3, 0.4) is 0 Å². The highest BCUT2D eigenvalue weighted by Crippen LogP contribution is 2.25. The molecule has 0 aliphatic carbocycles. The second-order valence-electron chi connectivity index (χ2n) is 5.82. The van der Waals surface area contributed by atoms with Crippen LogP contribution in [0.5, 0.6) is 5.75 Å². The number of ether oxygens (including phenoxy) is 1. The molecule has 4 nitrogen and oxygen atoms in total. The zero-order valence-corrected chi connectivity index (χ0v) is 14.6. The average molecular weight is 351 g/mol. The van der Waals surface area contributed by atoms with Gasteiger partial charge in [0.05, 0.1) is 5.75 Å². The van der Waals surface area contributed by atoms with Crippen LogP contribution in [-0.2, 0) is 15.8 Å². The summed E-state index contributed by atoms with van der Waals surface area (Å²) in [4.78, 5) is 0. The molecule has 0 bridgehead atoms. The Bertz CT molecular complexity index is 758. The minimum absolute atomic E-state index is 0.177. The van der Waals surface area contributed by atoms with E-state index in [4.69, 9.17) is 4.74 Å². The summed E-state index contributed by atoms with van der Waals surface area (Å²) in [5.74, 6) is 0.526. The maximum Gasteiger partial charge on any atom is 0.215 e. The molecule has 0 aliphatic heterocycles. The minimum atomic E-state index is -3.48. The molecule has 0 saturated heterocycles. The van der Waals surface area contributed by atoms with Crippen LogP contribution in [0.2, 0.25) is 0 Å². The molecular formula is C18H22FNO3S. The standard InChI is InChI=1S/C18H22FNO3S/c1-14(2)17-5-3-4-6-18(17)23-12-11-20-24(21,22)13-15-7-9-16(19)10-8-15/h3-10,14,20H,11-13H2,1-2H3. The van der Waals surface area contributed by atoms with E-state index in [0.717, 1.165) is 11.3 Å². The molecule has 1 N–H and O–H groups in total. The number of para-hydroxylation sites is 1. The van der Waals surface area contributed by atoms with E-state index in [1.807, 2.05) is 24.3 Å². The summed E-state index contributed by atoms with van der Waals surface area (Å²) in [5, 5.41) is 0. The van der Waals surface area contributed by atoms with Gasteiger partial charge in [-0.05, 0) is 35.2 Å². The summed E-state index contributed by atoms with van der Waals surface area (Å²) in [6.45, 7) is 4.57. The molecule has 2 aromatic rings. The van der Waals surface area contributed by atoms with Crippen LogP contribution in [0.1, 0.15) is 30.9 Å². The molecule has 2 rings (SSSR count). The van der Waals surface area contributed by atoms with E-state index >= 15 is 0 Å². The lowest BCUT2D eigenvalue weighted by atomic mass is 10.0. The molecular weight excluding hydrogens is 329 g/mol. The van der Waals surface area contributed by atoms with Crippen LogP contribution >= 0.6 is 0 Å². The van der Waals surface area contributed by atoms with E-state index in [1.165, 1.54) is 24.3 Å². The molecule has 0 aromatic heterocycles. The summed E-state index contributed by atoms with van der Waals surface area (Å²) in [5.41, 5.74) is 1.63. The molecule has 0 heterocycles. The fourth-order valence-electron chi connectivity index (χ4n) is 2.30. The molecule has 0 aliphatic rings. The predicted octanol–water partition coefficient (Wildman–Crippen LogP) is 3.45. The highest BCUT2D eigenvalue weighted by atomic mass is 32.2. The molecule has 0 spiro atoms. The van der Waals surface area contributed by atoms with Crippen molar-refractivity contribution in [3.05, 3.63) is 65.5 Å². The van der Waals surface area contributed by atoms with Crippen LogP contribution in [-0.4, -0.2) is 21.6 Å². The van der Waals surface area contributed by atoms with Crippen LogP contribution < -0.4 is 9.46 Å². The number of hydrogen-bond donors (Lipinski definition) is 1. The number of hydrogen-bond acceptors (Lipinski definition) is 3. The van der Waals surface area contributed by atoms with E-state index in [1.54, 1.807) is 0 Å². The molecule has 0 atom stereocenters. The minimum Gasteiger partial charge on any atom is -0.492 e. The Hall–Kier alpha value is -1.92. The third kappa shape index (κ3) is 5.62. The van der Waals surface area contributed by atoms with E-state index in [9.17, 15) is 12.8 Å². The number of halogens is 1. The lowest BCUT2D eigenvalue weighted by Gasteiger charge is -2.14.